The van der Waals surface area contributed by atoms with Gasteiger partial charge in [0.15, 0.2) is 0 Å². The minimum Gasteiger partial charge on any atom is -0.367 e. The van der Waals surface area contributed by atoms with Crippen LogP contribution in [0.5, 0.6) is 0 Å². The number of hydrogen-bond acceptors (Lipinski definition) is 4. The molecule has 2 aromatic rings. The molecule has 0 radical (unpaired) electrons. The lowest BCUT2D eigenvalue weighted by Crippen LogP contribution is -2.41. The number of benzene rings is 1. The number of nitrogens with one attached hydrogen (secondary N) is 2. The van der Waals surface area contributed by atoms with Crippen LogP contribution >= 0.6 is 0 Å². The van der Waals surface area contributed by atoms with Crippen molar-refractivity contribution in [1.82, 2.24) is 20.4 Å². The number of carbonyl (C=O) groups excluding carboxylic acids is 1. The molecule has 128 valence electrons. The highest BCUT2D eigenvalue weighted by Crippen LogP contribution is 2.31. The smallest absolute Gasteiger partial charge is 0.241 e. The second-order valence-electron chi connectivity index (χ2n) is 6.34. The molecular weight excluding hydrogens is 302 g/mol. The van der Waals surface area contributed by atoms with E-state index < -0.39 is 0 Å². The van der Waals surface area contributed by atoms with E-state index in [1.807, 2.05) is 13.2 Å². The Bertz CT molecular complexity index is 711. The summed E-state index contributed by atoms with van der Waals surface area (Å²) in [5.74, 6) is -0.0226. The molecule has 2 atom stereocenters. The first-order valence-electron chi connectivity index (χ1n) is 8.38. The highest BCUT2D eigenvalue weighted by Gasteiger charge is 2.25. The van der Waals surface area contributed by atoms with Gasteiger partial charge in [0, 0.05) is 43.6 Å². The molecule has 0 bridgehead atoms. The van der Waals surface area contributed by atoms with E-state index in [0.717, 1.165) is 18.5 Å². The van der Waals surface area contributed by atoms with Crippen molar-refractivity contribution in [1.29, 1.82) is 0 Å². The summed E-state index contributed by atoms with van der Waals surface area (Å²) in [4.78, 5) is 14.8. The van der Waals surface area contributed by atoms with E-state index in [0.29, 0.717) is 12.6 Å². The maximum Gasteiger partial charge on any atom is 0.241 e. The van der Waals surface area contributed by atoms with Crippen molar-refractivity contribution >= 4 is 11.6 Å². The predicted molar refractivity (Wildman–Crippen MR) is 95.0 cm³/mol. The molecule has 1 aromatic heterocycles. The predicted octanol–water partition coefficient (Wildman–Crippen LogP) is 1.25. The van der Waals surface area contributed by atoms with Gasteiger partial charge in [-0.1, -0.05) is 18.2 Å². The lowest BCUT2D eigenvalue weighted by atomic mass is 10.1. The van der Waals surface area contributed by atoms with Gasteiger partial charge in [0.1, 0.15) is 6.04 Å². The van der Waals surface area contributed by atoms with Gasteiger partial charge in [0.25, 0.3) is 0 Å². The number of amides is 1. The zero-order valence-electron chi connectivity index (χ0n) is 14.5. The van der Waals surface area contributed by atoms with E-state index in [1.165, 1.54) is 11.3 Å². The van der Waals surface area contributed by atoms with Crippen molar-refractivity contribution in [3.05, 3.63) is 47.8 Å². The van der Waals surface area contributed by atoms with Gasteiger partial charge in [-0.3, -0.25) is 9.48 Å². The first-order chi connectivity index (χ1) is 11.6. The average molecular weight is 327 g/mol. The zero-order valence-corrected chi connectivity index (χ0v) is 14.5. The summed E-state index contributed by atoms with van der Waals surface area (Å²) >= 11 is 0. The maximum absolute atomic E-state index is 12.5. The van der Waals surface area contributed by atoms with Crippen molar-refractivity contribution in [3.63, 3.8) is 0 Å². The van der Waals surface area contributed by atoms with Crippen LogP contribution in [0.3, 0.4) is 0 Å². The van der Waals surface area contributed by atoms with Gasteiger partial charge in [0.05, 0.1) is 6.20 Å². The van der Waals surface area contributed by atoms with Gasteiger partial charge < -0.3 is 15.5 Å². The number of carbonyl (C=O) groups is 1. The van der Waals surface area contributed by atoms with Crippen LogP contribution < -0.4 is 15.5 Å². The van der Waals surface area contributed by atoms with Crippen LogP contribution in [0, 0.1) is 0 Å². The summed E-state index contributed by atoms with van der Waals surface area (Å²) in [7, 11) is 3.64. The van der Waals surface area contributed by atoms with Crippen molar-refractivity contribution in [2.24, 2.45) is 7.05 Å². The monoisotopic (exact) mass is 327 g/mol. The topological polar surface area (TPSA) is 62.2 Å². The second kappa shape index (κ2) is 7.05. The molecule has 1 aromatic carbocycles. The Morgan fingerprint density at radius 1 is 1.42 bits per heavy atom. The minimum absolute atomic E-state index is 0.0226. The molecule has 6 heteroatoms. The fourth-order valence-corrected chi connectivity index (χ4v) is 3.41. The van der Waals surface area contributed by atoms with Gasteiger partial charge in [-0.15, -0.1) is 0 Å². The number of rotatable bonds is 6. The fourth-order valence-electron chi connectivity index (χ4n) is 3.41. The number of aryl methyl sites for hydroxylation is 1. The highest BCUT2D eigenvalue weighted by atomic mass is 16.2. The summed E-state index contributed by atoms with van der Waals surface area (Å²) in [5, 5.41) is 10.2. The van der Waals surface area contributed by atoms with E-state index >= 15 is 0 Å². The summed E-state index contributed by atoms with van der Waals surface area (Å²) in [6, 6.07) is 8.60. The van der Waals surface area contributed by atoms with Gasteiger partial charge >= 0.3 is 0 Å². The van der Waals surface area contributed by atoms with E-state index in [-0.39, 0.29) is 11.9 Å². The number of nitrogens with zero attached hydrogens (tertiary/aromatic N) is 3. The summed E-state index contributed by atoms with van der Waals surface area (Å²) in [6.45, 7) is 3.66. The lowest BCUT2D eigenvalue weighted by molar-refractivity contribution is -0.123. The van der Waals surface area contributed by atoms with E-state index in [2.05, 4.69) is 51.8 Å². The second-order valence-corrected chi connectivity index (χ2v) is 6.34. The van der Waals surface area contributed by atoms with Crippen LogP contribution in [0.1, 0.15) is 24.1 Å². The third-order valence-electron chi connectivity index (χ3n) is 4.61. The van der Waals surface area contributed by atoms with Crippen LogP contribution in [0.2, 0.25) is 0 Å². The lowest BCUT2D eigenvalue weighted by Gasteiger charge is -2.25. The van der Waals surface area contributed by atoms with Crippen LogP contribution in [0.25, 0.3) is 0 Å². The fraction of sp³-hybridized carbons (Fsp3) is 0.444. The van der Waals surface area contributed by atoms with Crippen molar-refractivity contribution in [2.45, 2.75) is 25.4 Å². The Hall–Kier alpha value is -2.34. The summed E-state index contributed by atoms with van der Waals surface area (Å²) in [5.41, 5.74) is 3.55. The third kappa shape index (κ3) is 3.28. The molecule has 6 nitrogen and oxygen atoms in total. The quantitative estimate of drug-likeness (QED) is 0.838. The molecule has 2 unspecified atom stereocenters. The molecule has 24 heavy (non-hydrogen) atoms. The molecule has 0 spiro atoms. The molecule has 2 N–H and O–H groups in total. The van der Waals surface area contributed by atoms with Gasteiger partial charge in [0.2, 0.25) is 5.91 Å². The number of aromatic nitrogens is 2. The Labute approximate surface area is 142 Å². The molecule has 0 aliphatic carbocycles. The first kappa shape index (κ1) is 16.5. The Balaban J connectivity index is 1.57. The Morgan fingerprint density at radius 3 is 2.92 bits per heavy atom. The van der Waals surface area contributed by atoms with Gasteiger partial charge in [-0.2, -0.15) is 5.10 Å². The van der Waals surface area contributed by atoms with Gasteiger partial charge in [-0.25, -0.2) is 0 Å². The van der Waals surface area contributed by atoms with Crippen LogP contribution in [-0.2, 0) is 18.3 Å². The molecule has 1 aliphatic rings. The standard InChI is InChI=1S/C18H25N5O/c1-13-10-14-6-4-5-7-16(14)23(13)9-8-20-18(24)17(19-2)15-11-21-22(3)12-15/h4-7,11-13,17,19H,8-10H2,1-3H3,(H,20,24). The van der Waals surface area contributed by atoms with Crippen molar-refractivity contribution in [3.8, 4) is 0 Å². The number of para-hydroxylation sites is 1. The van der Waals surface area contributed by atoms with Crippen LogP contribution in [0.4, 0.5) is 5.69 Å². The normalized spacial score (nSPS) is 17.6. The van der Waals surface area contributed by atoms with Gasteiger partial charge in [-0.05, 0) is 32.0 Å². The number of hydrogen-bond donors (Lipinski definition) is 2. The molecule has 0 saturated heterocycles. The SMILES string of the molecule is CNC(C(=O)NCCN1c2ccccc2CC1C)c1cnn(C)c1. The molecule has 0 saturated carbocycles. The molecule has 1 aliphatic heterocycles. The Morgan fingerprint density at radius 2 is 2.21 bits per heavy atom. The van der Waals surface area contributed by atoms with Crippen molar-refractivity contribution in [2.75, 3.05) is 25.0 Å². The average Bonchev–Trinajstić information content (AvgIpc) is 3.12. The molecule has 2 heterocycles. The van der Waals surface area contributed by atoms with E-state index in [9.17, 15) is 4.79 Å². The van der Waals surface area contributed by atoms with E-state index in [4.69, 9.17) is 0 Å². The Kier molecular flexibility index (Phi) is 4.85. The number of anilines is 1. The summed E-state index contributed by atoms with van der Waals surface area (Å²) < 4.78 is 1.70. The van der Waals surface area contributed by atoms with Crippen molar-refractivity contribution < 1.29 is 4.79 Å². The highest BCUT2D eigenvalue weighted by molar-refractivity contribution is 5.83. The zero-order chi connectivity index (χ0) is 17.1. The number of likely N-dealkylation sites (N-methyl/N-ethyl adjacent to an activating group) is 1. The molecular formula is C18H25N5O. The molecule has 3 rings (SSSR count). The van der Waals surface area contributed by atoms with Crippen LogP contribution in [0.15, 0.2) is 36.7 Å². The van der Waals surface area contributed by atoms with E-state index in [1.54, 1.807) is 17.9 Å². The number of fused-ring (bicyclic) bond motifs is 1. The molecule has 0 fully saturated rings. The third-order valence-corrected chi connectivity index (χ3v) is 4.61. The van der Waals surface area contributed by atoms with Crippen LogP contribution in [-0.4, -0.2) is 41.9 Å². The summed E-state index contributed by atoms with van der Waals surface area (Å²) in [6.07, 6.45) is 4.65. The first-order valence-corrected chi connectivity index (χ1v) is 8.38. The largest absolute Gasteiger partial charge is 0.367 e. The maximum atomic E-state index is 12.5. The minimum atomic E-state index is -0.373. The molecule has 1 amide bonds.